The topological polar surface area (TPSA) is 29.1 Å². The quantitative estimate of drug-likeness (QED) is 0.789. The molecule has 1 aliphatic rings. The van der Waals surface area contributed by atoms with E-state index in [1.165, 1.54) is 0 Å². The number of nitrogens with one attached hydrogen (secondary N) is 1. The van der Waals surface area contributed by atoms with E-state index >= 15 is 0 Å². The van der Waals surface area contributed by atoms with Gasteiger partial charge in [-0.3, -0.25) is 4.79 Å². The number of carbonyl (C=O) groups is 1. The number of allylic oxidation sites excluding steroid dienone is 2. The predicted molar refractivity (Wildman–Crippen MR) is 69.5 cm³/mol. The molecule has 0 saturated carbocycles. The van der Waals surface area contributed by atoms with Crippen molar-refractivity contribution in [1.82, 2.24) is 5.32 Å². The molecule has 0 saturated heterocycles. The summed E-state index contributed by atoms with van der Waals surface area (Å²) in [5.74, 6) is 0.593. The van der Waals surface area contributed by atoms with Crippen molar-refractivity contribution in [2.75, 3.05) is 0 Å². The number of hydrogen-bond acceptors (Lipinski definition) is 1. The molecule has 0 aromatic heterocycles. The summed E-state index contributed by atoms with van der Waals surface area (Å²) in [6.45, 7) is 2.03. The summed E-state index contributed by atoms with van der Waals surface area (Å²) in [7, 11) is 0. The molecule has 2 heteroatoms. The first-order valence-corrected chi connectivity index (χ1v) is 6.26. The van der Waals surface area contributed by atoms with Crippen molar-refractivity contribution in [3.8, 4) is 0 Å². The van der Waals surface area contributed by atoms with Gasteiger partial charge in [-0.2, -0.15) is 0 Å². The van der Waals surface area contributed by atoms with Gasteiger partial charge < -0.3 is 5.32 Å². The Morgan fingerprint density at radius 1 is 1.41 bits per heavy atom. The fourth-order valence-electron chi connectivity index (χ4n) is 2.23. The van der Waals surface area contributed by atoms with E-state index in [0.717, 1.165) is 18.4 Å². The summed E-state index contributed by atoms with van der Waals surface area (Å²) < 4.78 is 0. The highest BCUT2D eigenvalue weighted by Gasteiger charge is 2.15. The zero-order chi connectivity index (χ0) is 12.1. The second-order valence-electron chi connectivity index (χ2n) is 4.67. The normalized spacial score (nSPS) is 20.2. The van der Waals surface area contributed by atoms with Gasteiger partial charge in [-0.25, -0.2) is 0 Å². The van der Waals surface area contributed by atoms with E-state index < -0.39 is 0 Å². The molecule has 0 radical (unpaired) electrons. The van der Waals surface area contributed by atoms with Crippen LogP contribution in [0, 0.1) is 5.92 Å². The van der Waals surface area contributed by atoms with E-state index in [1.807, 2.05) is 37.3 Å². The molecule has 0 heterocycles. The number of carbonyl (C=O) groups excluding carboxylic acids is 1. The molecule has 0 fully saturated rings. The number of hydrogen-bond donors (Lipinski definition) is 1. The van der Waals surface area contributed by atoms with Crippen molar-refractivity contribution in [3.63, 3.8) is 0 Å². The van der Waals surface area contributed by atoms with Crippen LogP contribution in [0.15, 0.2) is 42.5 Å². The third kappa shape index (κ3) is 3.45. The van der Waals surface area contributed by atoms with Crippen molar-refractivity contribution >= 4 is 5.91 Å². The second kappa shape index (κ2) is 5.67. The Kier molecular flexibility index (Phi) is 3.97. The zero-order valence-electron chi connectivity index (χ0n) is 10.2. The molecule has 1 unspecified atom stereocenters. The Morgan fingerprint density at radius 3 is 2.82 bits per heavy atom. The molecule has 1 aliphatic carbocycles. The molecule has 17 heavy (non-hydrogen) atoms. The van der Waals surface area contributed by atoms with Gasteiger partial charge in [-0.1, -0.05) is 42.5 Å². The minimum Gasteiger partial charge on any atom is -0.350 e. The summed E-state index contributed by atoms with van der Waals surface area (Å²) in [6, 6.07) is 10.2. The number of rotatable bonds is 4. The van der Waals surface area contributed by atoms with Gasteiger partial charge in [0.2, 0.25) is 5.91 Å². The Bertz CT molecular complexity index is 397. The maximum Gasteiger partial charge on any atom is 0.221 e. The SMILES string of the molecule is C[C@@H](NC(=O)CC1C=CCC1)c1ccccc1. The van der Waals surface area contributed by atoms with Crippen molar-refractivity contribution in [2.45, 2.75) is 32.2 Å². The van der Waals surface area contributed by atoms with Crippen molar-refractivity contribution in [2.24, 2.45) is 5.92 Å². The monoisotopic (exact) mass is 229 g/mol. The zero-order valence-corrected chi connectivity index (χ0v) is 10.2. The lowest BCUT2D eigenvalue weighted by molar-refractivity contribution is -0.122. The van der Waals surface area contributed by atoms with Gasteiger partial charge in [-0.15, -0.1) is 0 Å². The molecule has 0 bridgehead atoms. The van der Waals surface area contributed by atoms with E-state index in [9.17, 15) is 4.79 Å². The summed E-state index contributed by atoms with van der Waals surface area (Å²) in [5, 5.41) is 3.05. The molecule has 0 aliphatic heterocycles. The Morgan fingerprint density at radius 2 is 2.18 bits per heavy atom. The number of benzene rings is 1. The average molecular weight is 229 g/mol. The van der Waals surface area contributed by atoms with Crippen LogP contribution >= 0.6 is 0 Å². The lowest BCUT2D eigenvalue weighted by Crippen LogP contribution is -2.27. The van der Waals surface area contributed by atoms with Crippen LogP contribution in [0.25, 0.3) is 0 Å². The first-order valence-electron chi connectivity index (χ1n) is 6.26. The molecule has 1 N–H and O–H groups in total. The van der Waals surface area contributed by atoms with Crippen LogP contribution in [0.3, 0.4) is 0 Å². The van der Waals surface area contributed by atoms with E-state index in [4.69, 9.17) is 0 Å². The maximum atomic E-state index is 11.8. The van der Waals surface area contributed by atoms with Gasteiger partial charge in [0.15, 0.2) is 0 Å². The summed E-state index contributed by atoms with van der Waals surface area (Å²) >= 11 is 0. The molecule has 0 spiro atoms. The number of amides is 1. The van der Waals surface area contributed by atoms with Crippen LogP contribution in [0.2, 0.25) is 0 Å². The third-order valence-corrected chi connectivity index (χ3v) is 3.24. The minimum atomic E-state index is 0.0917. The molecular weight excluding hydrogens is 210 g/mol. The minimum absolute atomic E-state index is 0.0917. The van der Waals surface area contributed by atoms with E-state index in [0.29, 0.717) is 12.3 Å². The van der Waals surface area contributed by atoms with E-state index in [-0.39, 0.29) is 11.9 Å². The van der Waals surface area contributed by atoms with Crippen LogP contribution in [0.5, 0.6) is 0 Å². The van der Waals surface area contributed by atoms with Gasteiger partial charge in [0.05, 0.1) is 6.04 Å². The lowest BCUT2D eigenvalue weighted by Gasteiger charge is -2.15. The van der Waals surface area contributed by atoms with Crippen LogP contribution in [-0.4, -0.2) is 5.91 Å². The van der Waals surface area contributed by atoms with Crippen molar-refractivity contribution in [1.29, 1.82) is 0 Å². The van der Waals surface area contributed by atoms with Crippen LogP contribution in [-0.2, 0) is 4.79 Å². The standard InChI is InChI=1S/C15H19NO/c1-12(14-9-3-2-4-10-14)16-15(17)11-13-7-5-6-8-13/h2-5,7,9-10,12-13H,6,8,11H2,1H3,(H,16,17)/t12-,13?/m1/s1. The van der Waals surface area contributed by atoms with Crippen molar-refractivity contribution < 1.29 is 4.79 Å². The largest absolute Gasteiger partial charge is 0.350 e. The highest BCUT2D eigenvalue weighted by molar-refractivity contribution is 5.77. The van der Waals surface area contributed by atoms with Crippen molar-refractivity contribution in [3.05, 3.63) is 48.0 Å². The third-order valence-electron chi connectivity index (χ3n) is 3.24. The summed E-state index contributed by atoms with van der Waals surface area (Å²) in [6.07, 6.45) is 7.18. The predicted octanol–water partition coefficient (Wildman–Crippen LogP) is 3.22. The summed E-state index contributed by atoms with van der Waals surface area (Å²) in [5.41, 5.74) is 1.16. The molecular formula is C15H19NO. The van der Waals surface area contributed by atoms with Gasteiger partial charge in [0.1, 0.15) is 0 Å². The van der Waals surface area contributed by atoms with E-state index in [1.54, 1.807) is 0 Å². The highest BCUT2D eigenvalue weighted by Crippen LogP contribution is 2.20. The smallest absolute Gasteiger partial charge is 0.221 e. The fraction of sp³-hybridized carbons (Fsp3) is 0.400. The van der Waals surface area contributed by atoms with Crippen LogP contribution in [0.4, 0.5) is 0 Å². The first kappa shape index (κ1) is 11.9. The van der Waals surface area contributed by atoms with Crippen LogP contribution < -0.4 is 5.32 Å². The molecule has 2 atom stereocenters. The van der Waals surface area contributed by atoms with Crippen LogP contribution in [0.1, 0.15) is 37.8 Å². The highest BCUT2D eigenvalue weighted by atomic mass is 16.1. The maximum absolute atomic E-state index is 11.8. The molecule has 2 nitrogen and oxygen atoms in total. The molecule has 90 valence electrons. The second-order valence-corrected chi connectivity index (χ2v) is 4.67. The Balaban J connectivity index is 1.84. The Labute approximate surface area is 103 Å². The fourth-order valence-corrected chi connectivity index (χ4v) is 2.23. The Hall–Kier alpha value is -1.57. The lowest BCUT2D eigenvalue weighted by atomic mass is 10.0. The molecule has 1 aromatic rings. The van der Waals surface area contributed by atoms with E-state index in [2.05, 4.69) is 17.5 Å². The van der Waals surface area contributed by atoms with Gasteiger partial charge in [-0.05, 0) is 31.2 Å². The molecule has 1 amide bonds. The summed E-state index contributed by atoms with van der Waals surface area (Å²) in [4.78, 5) is 11.8. The molecule has 1 aromatic carbocycles. The molecule has 2 rings (SSSR count). The van der Waals surface area contributed by atoms with Gasteiger partial charge >= 0.3 is 0 Å². The van der Waals surface area contributed by atoms with Gasteiger partial charge in [0, 0.05) is 6.42 Å². The first-order chi connectivity index (χ1) is 8.25. The average Bonchev–Trinajstić information content (AvgIpc) is 2.82. The van der Waals surface area contributed by atoms with Gasteiger partial charge in [0.25, 0.3) is 0 Å².